The zero-order valence-electron chi connectivity index (χ0n) is 11.7. The van der Waals surface area contributed by atoms with Gasteiger partial charge in [-0.25, -0.2) is 0 Å². The molecule has 0 bridgehead atoms. The Hall–Kier alpha value is -1.62. The number of halogens is 2. The van der Waals surface area contributed by atoms with E-state index < -0.39 is 0 Å². The summed E-state index contributed by atoms with van der Waals surface area (Å²) in [5, 5.41) is 0.874. The molecule has 1 aromatic carbocycles. The van der Waals surface area contributed by atoms with Crippen LogP contribution in [0.5, 0.6) is 0 Å². The van der Waals surface area contributed by atoms with Crippen LogP contribution in [0.15, 0.2) is 42.7 Å². The highest BCUT2D eigenvalue weighted by atomic mass is 35.5. The van der Waals surface area contributed by atoms with Crippen molar-refractivity contribution in [1.82, 2.24) is 9.88 Å². The first-order valence-electron chi connectivity index (χ1n) is 6.91. The third kappa shape index (κ3) is 3.24. The van der Waals surface area contributed by atoms with Crippen LogP contribution in [-0.2, 0) is 4.74 Å². The molecule has 1 aliphatic rings. The van der Waals surface area contributed by atoms with Crippen LogP contribution in [0, 0.1) is 0 Å². The molecule has 0 N–H and O–H groups in total. The number of aromatic nitrogens is 1. The second-order valence-corrected chi connectivity index (χ2v) is 5.86. The number of rotatable bonds is 2. The molecule has 1 atom stereocenters. The summed E-state index contributed by atoms with van der Waals surface area (Å²) < 4.78 is 5.74. The molecule has 22 heavy (non-hydrogen) atoms. The molecule has 1 aromatic heterocycles. The van der Waals surface area contributed by atoms with Crippen molar-refractivity contribution < 1.29 is 9.53 Å². The van der Waals surface area contributed by atoms with Gasteiger partial charge in [0, 0.05) is 29.5 Å². The molecular formula is C16H14Cl2N2O2. The van der Waals surface area contributed by atoms with E-state index in [1.54, 1.807) is 35.5 Å². The molecule has 0 saturated carbocycles. The Morgan fingerprint density at radius 3 is 2.91 bits per heavy atom. The maximum absolute atomic E-state index is 12.6. The number of benzene rings is 1. The van der Waals surface area contributed by atoms with Crippen molar-refractivity contribution in [2.24, 2.45) is 0 Å². The first kappa shape index (κ1) is 15.3. The Bertz CT molecular complexity index is 679. The van der Waals surface area contributed by atoms with Gasteiger partial charge < -0.3 is 9.64 Å². The van der Waals surface area contributed by atoms with Crippen molar-refractivity contribution in [2.75, 3.05) is 19.7 Å². The molecule has 0 spiro atoms. The van der Waals surface area contributed by atoms with Crippen molar-refractivity contribution in [3.63, 3.8) is 0 Å². The lowest BCUT2D eigenvalue weighted by Gasteiger charge is -2.33. The summed E-state index contributed by atoms with van der Waals surface area (Å²) in [4.78, 5) is 18.5. The van der Waals surface area contributed by atoms with Gasteiger partial charge >= 0.3 is 0 Å². The van der Waals surface area contributed by atoms with Crippen LogP contribution in [0.3, 0.4) is 0 Å². The maximum atomic E-state index is 12.6. The molecule has 1 saturated heterocycles. The van der Waals surface area contributed by atoms with Crippen molar-refractivity contribution in [1.29, 1.82) is 0 Å². The summed E-state index contributed by atoms with van der Waals surface area (Å²) in [7, 11) is 0. The Morgan fingerprint density at radius 2 is 2.18 bits per heavy atom. The van der Waals surface area contributed by atoms with Gasteiger partial charge in [-0.05, 0) is 24.3 Å². The van der Waals surface area contributed by atoms with E-state index in [0.29, 0.717) is 35.3 Å². The van der Waals surface area contributed by atoms with Crippen molar-refractivity contribution in [3.8, 4) is 0 Å². The molecule has 4 nitrogen and oxygen atoms in total. The Balaban J connectivity index is 1.78. The Morgan fingerprint density at radius 1 is 1.32 bits per heavy atom. The van der Waals surface area contributed by atoms with E-state index in [0.717, 1.165) is 5.56 Å². The van der Waals surface area contributed by atoms with Crippen LogP contribution >= 0.6 is 23.2 Å². The molecule has 114 valence electrons. The number of carbonyl (C=O) groups is 1. The predicted octanol–water partition coefficient (Wildman–Crippen LogP) is 3.60. The summed E-state index contributed by atoms with van der Waals surface area (Å²) in [6.45, 7) is 1.49. The van der Waals surface area contributed by atoms with Crippen LogP contribution < -0.4 is 0 Å². The van der Waals surface area contributed by atoms with Crippen molar-refractivity contribution in [2.45, 2.75) is 6.10 Å². The van der Waals surface area contributed by atoms with Gasteiger partial charge in [0.25, 0.3) is 5.91 Å². The SMILES string of the molecule is O=C(c1ccc(Cl)cc1Cl)N1CCO[C@H](c2cccnc2)C1. The molecule has 0 unspecified atom stereocenters. The lowest BCUT2D eigenvalue weighted by molar-refractivity contribution is -0.0229. The van der Waals surface area contributed by atoms with Crippen molar-refractivity contribution >= 4 is 29.1 Å². The monoisotopic (exact) mass is 336 g/mol. The average molecular weight is 337 g/mol. The highest BCUT2D eigenvalue weighted by molar-refractivity contribution is 6.36. The van der Waals surface area contributed by atoms with Gasteiger partial charge in [0.1, 0.15) is 6.10 Å². The predicted molar refractivity (Wildman–Crippen MR) is 85.3 cm³/mol. The fourth-order valence-corrected chi connectivity index (χ4v) is 2.92. The molecule has 1 aliphatic heterocycles. The van der Waals surface area contributed by atoms with E-state index in [1.807, 2.05) is 12.1 Å². The number of morpholine rings is 1. The lowest BCUT2D eigenvalue weighted by Crippen LogP contribution is -2.42. The molecule has 1 amide bonds. The maximum Gasteiger partial charge on any atom is 0.255 e. The normalized spacial score (nSPS) is 18.3. The van der Waals surface area contributed by atoms with Gasteiger partial charge in [-0.1, -0.05) is 29.3 Å². The standard InChI is InChI=1S/C16H14Cl2N2O2/c17-12-3-4-13(14(18)8-12)16(21)20-6-7-22-15(10-20)11-2-1-5-19-9-11/h1-5,8-9,15H,6-7,10H2/t15-/m0/s1. The fourth-order valence-electron chi connectivity index (χ4n) is 2.44. The van der Waals surface area contributed by atoms with Crippen LogP contribution in [0.4, 0.5) is 0 Å². The minimum Gasteiger partial charge on any atom is -0.370 e. The van der Waals surface area contributed by atoms with E-state index in [2.05, 4.69) is 4.98 Å². The number of hydrogen-bond acceptors (Lipinski definition) is 3. The third-order valence-electron chi connectivity index (χ3n) is 3.57. The van der Waals surface area contributed by atoms with Crippen LogP contribution in [0.25, 0.3) is 0 Å². The minimum atomic E-state index is -0.169. The van der Waals surface area contributed by atoms with Gasteiger partial charge in [0.2, 0.25) is 0 Å². The molecule has 2 aromatic rings. The van der Waals surface area contributed by atoms with Gasteiger partial charge in [-0.2, -0.15) is 0 Å². The molecule has 2 heterocycles. The molecule has 0 radical (unpaired) electrons. The topological polar surface area (TPSA) is 42.4 Å². The van der Waals surface area contributed by atoms with Gasteiger partial charge in [-0.15, -0.1) is 0 Å². The van der Waals surface area contributed by atoms with E-state index in [1.165, 1.54) is 0 Å². The first-order chi connectivity index (χ1) is 10.6. The number of pyridine rings is 1. The number of carbonyl (C=O) groups excluding carboxylic acids is 1. The second-order valence-electron chi connectivity index (χ2n) is 5.02. The number of hydrogen-bond donors (Lipinski definition) is 0. The highest BCUT2D eigenvalue weighted by Crippen LogP contribution is 2.26. The zero-order valence-corrected chi connectivity index (χ0v) is 13.2. The number of ether oxygens (including phenoxy) is 1. The summed E-state index contributed by atoms with van der Waals surface area (Å²) in [5.41, 5.74) is 1.42. The van der Waals surface area contributed by atoms with Gasteiger partial charge in [0.15, 0.2) is 0 Å². The van der Waals surface area contributed by atoms with E-state index in [4.69, 9.17) is 27.9 Å². The highest BCUT2D eigenvalue weighted by Gasteiger charge is 2.27. The van der Waals surface area contributed by atoms with Crippen LogP contribution in [-0.4, -0.2) is 35.5 Å². The van der Waals surface area contributed by atoms with Crippen LogP contribution in [0.1, 0.15) is 22.0 Å². The van der Waals surface area contributed by atoms with Gasteiger partial charge in [-0.3, -0.25) is 9.78 Å². The largest absolute Gasteiger partial charge is 0.370 e. The fraction of sp³-hybridized carbons (Fsp3) is 0.250. The first-order valence-corrected chi connectivity index (χ1v) is 7.66. The summed E-state index contributed by atoms with van der Waals surface area (Å²) in [6, 6.07) is 8.70. The summed E-state index contributed by atoms with van der Waals surface area (Å²) in [5.74, 6) is -0.112. The zero-order chi connectivity index (χ0) is 15.5. The Kier molecular flexibility index (Phi) is 4.62. The molecule has 1 fully saturated rings. The van der Waals surface area contributed by atoms with E-state index in [-0.39, 0.29) is 12.0 Å². The minimum absolute atomic E-state index is 0.112. The number of amides is 1. The summed E-state index contributed by atoms with van der Waals surface area (Å²) in [6.07, 6.45) is 3.30. The lowest BCUT2D eigenvalue weighted by atomic mass is 10.1. The molecule has 3 rings (SSSR count). The second kappa shape index (κ2) is 6.65. The Labute approximate surface area is 138 Å². The smallest absolute Gasteiger partial charge is 0.255 e. The quantitative estimate of drug-likeness (QED) is 0.841. The molecule has 0 aliphatic carbocycles. The molecular weight excluding hydrogens is 323 g/mol. The van der Waals surface area contributed by atoms with E-state index in [9.17, 15) is 4.79 Å². The third-order valence-corrected chi connectivity index (χ3v) is 4.12. The summed E-state index contributed by atoms with van der Waals surface area (Å²) >= 11 is 12.0. The average Bonchev–Trinajstić information content (AvgIpc) is 2.55. The van der Waals surface area contributed by atoms with Crippen LogP contribution in [0.2, 0.25) is 10.0 Å². The number of nitrogens with zero attached hydrogens (tertiary/aromatic N) is 2. The van der Waals surface area contributed by atoms with Crippen molar-refractivity contribution in [3.05, 3.63) is 63.9 Å². The molecule has 6 heteroatoms. The van der Waals surface area contributed by atoms with Gasteiger partial charge in [0.05, 0.1) is 23.7 Å². The van der Waals surface area contributed by atoms with E-state index >= 15 is 0 Å².